The van der Waals surface area contributed by atoms with E-state index in [9.17, 15) is 9.59 Å². The molecule has 0 radical (unpaired) electrons. The Morgan fingerprint density at radius 2 is 1.53 bits per heavy atom. The lowest BCUT2D eigenvalue weighted by molar-refractivity contribution is -0.153. The average molecular weight is 210 g/mol. The second kappa shape index (κ2) is 5.49. The Morgan fingerprint density at radius 1 is 1.13 bits per heavy atom. The van der Waals surface area contributed by atoms with Crippen LogP contribution in [0.5, 0.6) is 0 Å². The zero-order valence-corrected chi connectivity index (χ0v) is 9.65. The average Bonchev–Trinajstić information content (AvgIpc) is 2.16. The fraction of sp³-hybridized carbons (Fsp3) is 0.500. The van der Waals surface area contributed by atoms with Crippen LogP contribution in [0.25, 0.3) is 0 Å². The Morgan fingerprint density at radius 3 is 1.80 bits per heavy atom. The van der Waals surface area contributed by atoms with Crippen molar-refractivity contribution in [3.05, 3.63) is 24.3 Å². The van der Waals surface area contributed by atoms with Gasteiger partial charge in [0.2, 0.25) is 0 Å². The summed E-state index contributed by atoms with van der Waals surface area (Å²) in [7, 11) is 0. The van der Waals surface area contributed by atoms with Gasteiger partial charge in [0.15, 0.2) is 5.78 Å². The first-order valence-corrected chi connectivity index (χ1v) is 4.91. The van der Waals surface area contributed by atoms with Crippen LogP contribution >= 0.6 is 0 Å². The number of carbonyl (C=O) groups is 2. The van der Waals surface area contributed by atoms with Crippen molar-refractivity contribution >= 4 is 11.8 Å². The van der Waals surface area contributed by atoms with Gasteiger partial charge < -0.3 is 5.11 Å². The van der Waals surface area contributed by atoms with Crippen LogP contribution in [0.15, 0.2) is 24.3 Å². The zero-order valence-electron chi connectivity index (χ0n) is 9.65. The summed E-state index contributed by atoms with van der Waals surface area (Å²) in [5, 5.41) is 8.93. The lowest BCUT2D eigenvalue weighted by Crippen LogP contribution is -2.36. The molecule has 0 aromatic heterocycles. The molecule has 3 nitrogen and oxygen atoms in total. The second-order valence-corrected chi connectivity index (χ2v) is 3.87. The van der Waals surface area contributed by atoms with E-state index in [1.54, 1.807) is 38.2 Å². The molecule has 15 heavy (non-hydrogen) atoms. The topological polar surface area (TPSA) is 54.4 Å². The van der Waals surface area contributed by atoms with E-state index in [2.05, 4.69) is 0 Å². The highest BCUT2D eigenvalue weighted by Crippen LogP contribution is 2.23. The van der Waals surface area contributed by atoms with Gasteiger partial charge in [-0.1, -0.05) is 24.3 Å². The summed E-state index contributed by atoms with van der Waals surface area (Å²) < 4.78 is 0. The molecule has 0 aromatic rings. The van der Waals surface area contributed by atoms with Crippen LogP contribution < -0.4 is 0 Å². The van der Waals surface area contributed by atoms with Crippen molar-refractivity contribution in [2.75, 3.05) is 0 Å². The lowest BCUT2D eigenvalue weighted by Gasteiger charge is -2.20. The standard InChI is InChI=1S/C12H18O3/c1-5-7-9(8-6-2)10(13)12(3,4)11(14)15/h5-9H,1-4H3,(H,14,15). The number of hydrogen-bond donors (Lipinski definition) is 1. The van der Waals surface area contributed by atoms with Crippen LogP contribution in [0.3, 0.4) is 0 Å². The molecule has 0 amide bonds. The van der Waals surface area contributed by atoms with Gasteiger partial charge in [-0.25, -0.2) is 0 Å². The van der Waals surface area contributed by atoms with Gasteiger partial charge in [0.1, 0.15) is 5.41 Å². The number of Topliss-reactive ketones (excluding diaryl/α,β-unsaturated/α-hetero) is 1. The molecule has 0 rings (SSSR count). The molecule has 0 saturated heterocycles. The third kappa shape index (κ3) is 3.35. The smallest absolute Gasteiger partial charge is 0.316 e. The van der Waals surface area contributed by atoms with E-state index in [-0.39, 0.29) is 5.78 Å². The van der Waals surface area contributed by atoms with Crippen molar-refractivity contribution in [1.29, 1.82) is 0 Å². The minimum Gasteiger partial charge on any atom is -0.481 e. The number of hydrogen-bond acceptors (Lipinski definition) is 2. The van der Waals surface area contributed by atoms with E-state index in [0.29, 0.717) is 0 Å². The highest BCUT2D eigenvalue weighted by atomic mass is 16.4. The molecule has 0 saturated carbocycles. The van der Waals surface area contributed by atoms with E-state index in [4.69, 9.17) is 5.11 Å². The van der Waals surface area contributed by atoms with Gasteiger partial charge in [0.25, 0.3) is 0 Å². The minimum atomic E-state index is -1.34. The number of rotatable bonds is 5. The van der Waals surface area contributed by atoms with E-state index in [1.165, 1.54) is 13.8 Å². The Balaban J connectivity index is 5.02. The van der Waals surface area contributed by atoms with Gasteiger partial charge in [-0.05, 0) is 27.7 Å². The van der Waals surface area contributed by atoms with Gasteiger partial charge >= 0.3 is 5.97 Å². The number of ketones is 1. The summed E-state index contributed by atoms with van der Waals surface area (Å²) >= 11 is 0. The van der Waals surface area contributed by atoms with Crippen LogP contribution in [0, 0.1) is 11.3 Å². The van der Waals surface area contributed by atoms with Crippen LogP contribution in [-0.2, 0) is 9.59 Å². The minimum absolute atomic E-state index is 0.300. The number of carboxylic acid groups (broad SMARTS) is 1. The molecule has 0 unspecified atom stereocenters. The third-order valence-corrected chi connectivity index (χ3v) is 2.25. The fourth-order valence-electron chi connectivity index (χ4n) is 1.18. The SMILES string of the molecule is CC=CC(C=CC)C(=O)C(C)(C)C(=O)O. The van der Waals surface area contributed by atoms with Gasteiger partial charge in [0.05, 0.1) is 5.92 Å². The Bertz CT molecular complexity index is 286. The summed E-state index contributed by atoms with van der Waals surface area (Å²) in [4.78, 5) is 22.8. The van der Waals surface area contributed by atoms with Crippen molar-refractivity contribution in [1.82, 2.24) is 0 Å². The van der Waals surface area contributed by atoms with E-state index < -0.39 is 17.3 Å². The number of carbonyl (C=O) groups excluding carboxylic acids is 1. The molecule has 0 aliphatic carbocycles. The molecule has 0 aliphatic rings. The fourth-order valence-corrected chi connectivity index (χ4v) is 1.18. The second-order valence-electron chi connectivity index (χ2n) is 3.87. The van der Waals surface area contributed by atoms with Crippen molar-refractivity contribution in [3.8, 4) is 0 Å². The molecule has 0 fully saturated rings. The molecule has 0 heterocycles. The first kappa shape index (κ1) is 13.6. The molecule has 1 N–H and O–H groups in total. The maximum atomic E-state index is 11.9. The molecular formula is C12H18O3. The van der Waals surface area contributed by atoms with Gasteiger partial charge in [0, 0.05) is 0 Å². The first-order chi connectivity index (χ1) is 6.87. The maximum Gasteiger partial charge on any atom is 0.316 e. The maximum absolute atomic E-state index is 11.9. The quantitative estimate of drug-likeness (QED) is 0.560. The van der Waals surface area contributed by atoms with Crippen LogP contribution in [0.2, 0.25) is 0 Å². The highest BCUT2D eigenvalue weighted by molar-refractivity contribution is 6.04. The molecule has 0 aromatic carbocycles. The van der Waals surface area contributed by atoms with Crippen LogP contribution in [0.4, 0.5) is 0 Å². The van der Waals surface area contributed by atoms with Crippen LogP contribution in [0.1, 0.15) is 27.7 Å². The predicted octanol–water partition coefficient (Wildman–Crippen LogP) is 2.43. The van der Waals surface area contributed by atoms with E-state index >= 15 is 0 Å². The summed E-state index contributed by atoms with van der Waals surface area (Å²) in [5.41, 5.74) is -1.34. The van der Waals surface area contributed by atoms with E-state index in [1.807, 2.05) is 0 Å². The zero-order chi connectivity index (χ0) is 12.1. The summed E-state index contributed by atoms with van der Waals surface area (Å²) in [6, 6.07) is 0. The molecule has 0 spiro atoms. The molecule has 3 heteroatoms. The Hall–Kier alpha value is -1.38. The molecular weight excluding hydrogens is 192 g/mol. The largest absolute Gasteiger partial charge is 0.481 e. The number of aliphatic carboxylic acids is 1. The third-order valence-electron chi connectivity index (χ3n) is 2.25. The number of allylic oxidation sites excluding steroid dienone is 4. The molecule has 0 atom stereocenters. The monoisotopic (exact) mass is 210 g/mol. The molecule has 0 bridgehead atoms. The van der Waals surface area contributed by atoms with E-state index in [0.717, 1.165) is 0 Å². The predicted molar refractivity (Wildman–Crippen MR) is 59.5 cm³/mol. The highest BCUT2D eigenvalue weighted by Gasteiger charge is 2.38. The van der Waals surface area contributed by atoms with Gasteiger partial charge in [-0.2, -0.15) is 0 Å². The molecule has 84 valence electrons. The van der Waals surface area contributed by atoms with Crippen LogP contribution in [-0.4, -0.2) is 16.9 Å². The first-order valence-electron chi connectivity index (χ1n) is 4.91. The summed E-state index contributed by atoms with van der Waals surface area (Å²) in [6.45, 7) is 6.46. The summed E-state index contributed by atoms with van der Waals surface area (Å²) in [5.74, 6) is -1.84. The lowest BCUT2D eigenvalue weighted by atomic mass is 9.81. The van der Waals surface area contributed by atoms with Crippen molar-refractivity contribution in [2.24, 2.45) is 11.3 Å². The number of carboxylic acids is 1. The van der Waals surface area contributed by atoms with Gasteiger partial charge in [-0.3, -0.25) is 9.59 Å². The van der Waals surface area contributed by atoms with Gasteiger partial charge in [-0.15, -0.1) is 0 Å². The normalized spacial score (nSPS) is 14.7. The Kier molecular flexibility index (Phi) is 4.98. The summed E-state index contributed by atoms with van der Waals surface area (Å²) in [6.07, 6.45) is 6.90. The Labute approximate surface area is 90.5 Å². The molecule has 0 aliphatic heterocycles. The van der Waals surface area contributed by atoms with Crippen molar-refractivity contribution in [2.45, 2.75) is 27.7 Å². The van der Waals surface area contributed by atoms with Crippen molar-refractivity contribution in [3.63, 3.8) is 0 Å². The van der Waals surface area contributed by atoms with Crippen molar-refractivity contribution < 1.29 is 14.7 Å².